The van der Waals surface area contributed by atoms with Crippen molar-refractivity contribution in [3.63, 3.8) is 0 Å². The van der Waals surface area contributed by atoms with Crippen LogP contribution in [0.1, 0.15) is 12.5 Å². The minimum Gasteiger partial charge on any atom is -0.355 e. The number of carbonyl (C=O) groups is 1. The molecule has 19 heavy (non-hydrogen) atoms. The molecule has 1 aromatic rings. The van der Waals surface area contributed by atoms with Crippen LogP contribution in [-0.2, 0) is 18.3 Å². The average Bonchev–Trinajstić information content (AvgIpc) is 2.83. The molecule has 6 nitrogen and oxygen atoms in total. The highest BCUT2D eigenvalue weighted by atomic mass is 16.2. The smallest absolute Gasteiger partial charge is 0.238 e. The third-order valence-electron chi connectivity index (χ3n) is 3.45. The van der Waals surface area contributed by atoms with E-state index in [1.54, 1.807) is 0 Å². The highest BCUT2D eigenvalue weighted by molar-refractivity contribution is 5.82. The Labute approximate surface area is 114 Å². The number of hydrogen-bond donors (Lipinski definition) is 2. The van der Waals surface area contributed by atoms with E-state index in [2.05, 4.69) is 20.6 Å². The number of rotatable bonds is 5. The third-order valence-corrected chi connectivity index (χ3v) is 3.45. The van der Waals surface area contributed by atoms with Crippen LogP contribution in [0.15, 0.2) is 12.4 Å². The second-order valence-corrected chi connectivity index (χ2v) is 4.92. The van der Waals surface area contributed by atoms with Crippen molar-refractivity contribution >= 4 is 5.91 Å². The summed E-state index contributed by atoms with van der Waals surface area (Å²) in [5.41, 5.74) is 1.22. The zero-order valence-corrected chi connectivity index (χ0v) is 11.7. The van der Waals surface area contributed by atoms with Gasteiger partial charge in [0.25, 0.3) is 0 Å². The Bertz CT molecular complexity index is 417. The number of carbonyl (C=O) groups excluding carboxylic acids is 1. The van der Waals surface area contributed by atoms with Gasteiger partial charge in [0.1, 0.15) is 6.04 Å². The number of aryl methyl sites for hydroxylation is 1. The average molecular weight is 265 g/mol. The zero-order chi connectivity index (χ0) is 13.7. The van der Waals surface area contributed by atoms with Crippen LogP contribution in [0.2, 0.25) is 0 Å². The summed E-state index contributed by atoms with van der Waals surface area (Å²) in [6.07, 6.45) is 4.86. The van der Waals surface area contributed by atoms with Crippen LogP contribution in [0, 0.1) is 0 Å². The van der Waals surface area contributed by atoms with E-state index in [9.17, 15) is 4.79 Å². The van der Waals surface area contributed by atoms with Crippen LogP contribution in [-0.4, -0.2) is 59.4 Å². The maximum Gasteiger partial charge on any atom is 0.238 e. The predicted octanol–water partition coefficient (Wildman–Crippen LogP) is -0.627. The Kier molecular flexibility index (Phi) is 4.93. The van der Waals surface area contributed by atoms with E-state index in [0.717, 1.165) is 32.6 Å². The number of piperazine rings is 1. The lowest BCUT2D eigenvalue weighted by Gasteiger charge is -2.35. The number of hydrogen-bond acceptors (Lipinski definition) is 4. The summed E-state index contributed by atoms with van der Waals surface area (Å²) in [6.45, 7) is 6.14. The topological polar surface area (TPSA) is 62.2 Å². The number of nitrogens with zero attached hydrogens (tertiary/aromatic N) is 3. The fraction of sp³-hybridized carbons (Fsp3) is 0.692. The first-order valence-electron chi connectivity index (χ1n) is 6.90. The molecule has 1 aliphatic rings. The van der Waals surface area contributed by atoms with Gasteiger partial charge in [-0.15, -0.1) is 0 Å². The molecule has 0 bridgehead atoms. The number of likely N-dealkylation sites (N-methyl/N-ethyl adjacent to an activating group) is 1. The lowest BCUT2D eigenvalue weighted by atomic mass is 10.1. The van der Waals surface area contributed by atoms with E-state index in [4.69, 9.17) is 0 Å². The van der Waals surface area contributed by atoms with Crippen LogP contribution in [0.25, 0.3) is 0 Å². The lowest BCUT2D eigenvalue weighted by Crippen LogP contribution is -2.58. The normalized spacial score (nSPS) is 20.4. The summed E-state index contributed by atoms with van der Waals surface area (Å²) < 4.78 is 1.81. The fourth-order valence-corrected chi connectivity index (χ4v) is 2.44. The van der Waals surface area contributed by atoms with Gasteiger partial charge in [-0.25, -0.2) is 0 Å². The second-order valence-electron chi connectivity index (χ2n) is 4.92. The van der Waals surface area contributed by atoms with Gasteiger partial charge in [0, 0.05) is 46.0 Å². The van der Waals surface area contributed by atoms with E-state index < -0.39 is 0 Å². The second kappa shape index (κ2) is 6.68. The van der Waals surface area contributed by atoms with Crippen molar-refractivity contribution in [1.29, 1.82) is 0 Å². The first-order valence-corrected chi connectivity index (χ1v) is 6.90. The zero-order valence-electron chi connectivity index (χ0n) is 11.7. The van der Waals surface area contributed by atoms with Gasteiger partial charge < -0.3 is 10.6 Å². The van der Waals surface area contributed by atoms with Gasteiger partial charge in [0.15, 0.2) is 0 Å². The summed E-state index contributed by atoms with van der Waals surface area (Å²) in [5.74, 6) is 0.126. The molecule has 1 amide bonds. The molecule has 0 radical (unpaired) electrons. The largest absolute Gasteiger partial charge is 0.355 e. The van der Waals surface area contributed by atoms with Crippen molar-refractivity contribution in [2.24, 2.45) is 7.05 Å². The number of aromatic nitrogens is 2. The Morgan fingerprint density at radius 2 is 2.47 bits per heavy atom. The Hall–Kier alpha value is -1.40. The van der Waals surface area contributed by atoms with Crippen molar-refractivity contribution in [2.45, 2.75) is 19.4 Å². The highest BCUT2D eigenvalue weighted by Crippen LogP contribution is 2.06. The molecule has 1 unspecified atom stereocenters. The quantitative estimate of drug-likeness (QED) is 0.744. The molecule has 1 aliphatic heterocycles. The monoisotopic (exact) mass is 265 g/mol. The summed E-state index contributed by atoms with van der Waals surface area (Å²) in [4.78, 5) is 14.3. The molecule has 0 spiro atoms. The van der Waals surface area contributed by atoms with Gasteiger partial charge in [-0.1, -0.05) is 0 Å². The lowest BCUT2D eigenvalue weighted by molar-refractivity contribution is -0.126. The molecule has 1 saturated heterocycles. The van der Waals surface area contributed by atoms with Crippen LogP contribution >= 0.6 is 0 Å². The molecule has 2 N–H and O–H groups in total. The Morgan fingerprint density at radius 1 is 1.63 bits per heavy atom. The van der Waals surface area contributed by atoms with Crippen molar-refractivity contribution in [3.8, 4) is 0 Å². The number of nitrogens with one attached hydrogen (secondary N) is 2. The summed E-state index contributed by atoms with van der Waals surface area (Å²) >= 11 is 0. The van der Waals surface area contributed by atoms with Gasteiger partial charge in [-0.05, 0) is 18.9 Å². The van der Waals surface area contributed by atoms with Crippen molar-refractivity contribution < 1.29 is 4.79 Å². The highest BCUT2D eigenvalue weighted by Gasteiger charge is 2.27. The molecule has 1 aromatic heterocycles. The van der Waals surface area contributed by atoms with Crippen LogP contribution in [0.4, 0.5) is 0 Å². The minimum atomic E-state index is -0.0506. The van der Waals surface area contributed by atoms with Crippen LogP contribution < -0.4 is 10.6 Å². The molecule has 0 aromatic carbocycles. The van der Waals surface area contributed by atoms with Crippen molar-refractivity contribution in [3.05, 3.63) is 18.0 Å². The molecule has 0 aliphatic carbocycles. The molecular formula is C13H23N5O. The standard InChI is InChI=1S/C13H23N5O/c1-3-15-13(19)12-9-14-5-7-18(12)6-4-11-8-16-17(2)10-11/h8,10,12,14H,3-7,9H2,1-2H3,(H,15,19). The molecule has 2 heterocycles. The van der Waals surface area contributed by atoms with Gasteiger partial charge in [0.2, 0.25) is 5.91 Å². The summed E-state index contributed by atoms with van der Waals surface area (Å²) in [7, 11) is 1.92. The Morgan fingerprint density at radius 3 is 3.16 bits per heavy atom. The van der Waals surface area contributed by atoms with E-state index >= 15 is 0 Å². The number of amides is 1. The van der Waals surface area contributed by atoms with Crippen LogP contribution in [0.5, 0.6) is 0 Å². The molecule has 0 saturated carbocycles. The maximum atomic E-state index is 12.0. The van der Waals surface area contributed by atoms with Gasteiger partial charge in [0.05, 0.1) is 6.20 Å². The van der Waals surface area contributed by atoms with E-state index in [-0.39, 0.29) is 11.9 Å². The summed E-state index contributed by atoms with van der Waals surface area (Å²) in [6, 6.07) is -0.0506. The molecule has 1 atom stereocenters. The van der Waals surface area contributed by atoms with Gasteiger partial charge >= 0.3 is 0 Å². The van der Waals surface area contributed by atoms with Gasteiger partial charge in [-0.2, -0.15) is 5.10 Å². The van der Waals surface area contributed by atoms with E-state index in [1.165, 1.54) is 5.56 Å². The summed E-state index contributed by atoms with van der Waals surface area (Å²) in [5, 5.41) is 10.4. The first-order chi connectivity index (χ1) is 9.20. The minimum absolute atomic E-state index is 0.0506. The predicted molar refractivity (Wildman–Crippen MR) is 73.8 cm³/mol. The fourth-order valence-electron chi connectivity index (χ4n) is 2.44. The SMILES string of the molecule is CCNC(=O)C1CNCCN1CCc1cnn(C)c1. The maximum absolute atomic E-state index is 12.0. The molecule has 1 fully saturated rings. The molecular weight excluding hydrogens is 242 g/mol. The van der Waals surface area contributed by atoms with Crippen molar-refractivity contribution in [1.82, 2.24) is 25.3 Å². The Balaban J connectivity index is 1.90. The molecule has 6 heteroatoms. The van der Waals surface area contributed by atoms with Crippen molar-refractivity contribution in [2.75, 3.05) is 32.7 Å². The molecule has 2 rings (SSSR count). The van der Waals surface area contributed by atoms with Gasteiger partial charge in [-0.3, -0.25) is 14.4 Å². The third kappa shape index (κ3) is 3.78. The van der Waals surface area contributed by atoms with Crippen LogP contribution in [0.3, 0.4) is 0 Å². The van der Waals surface area contributed by atoms with E-state index in [1.807, 2.05) is 31.0 Å². The van der Waals surface area contributed by atoms with E-state index in [0.29, 0.717) is 6.54 Å². The molecule has 106 valence electrons. The first kappa shape index (κ1) is 14.0.